The molecular weight excluding hydrogens is 336 g/mol. The van der Waals surface area contributed by atoms with Gasteiger partial charge in [0.1, 0.15) is 0 Å². The van der Waals surface area contributed by atoms with E-state index in [1.165, 1.54) is 32.4 Å². The molecule has 0 spiro atoms. The van der Waals surface area contributed by atoms with Crippen LogP contribution >= 0.6 is 0 Å². The molecule has 1 heterocycles. The Labute approximate surface area is 161 Å². The number of anilines is 3. The number of nitrogens with zero attached hydrogens (tertiary/aromatic N) is 1. The number of hydrogen-bond donors (Lipinski definition) is 3. The second-order valence-electron chi connectivity index (χ2n) is 7.45. The van der Waals surface area contributed by atoms with Crippen molar-refractivity contribution in [2.24, 2.45) is 5.92 Å². The number of para-hydroxylation sites is 2. The number of likely N-dealkylation sites (tertiary alicyclic amines) is 1. The van der Waals surface area contributed by atoms with E-state index < -0.39 is 0 Å². The van der Waals surface area contributed by atoms with Gasteiger partial charge in [-0.1, -0.05) is 19.6 Å². The van der Waals surface area contributed by atoms with Crippen molar-refractivity contribution in [1.29, 1.82) is 0 Å². The lowest BCUT2D eigenvalue weighted by Gasteiger charge is -2.17. The van der Waals surface area contributed by atoms with E-state index in [0.29, 0.717) is 23.0 Å². The van der Waals surface area contributed by atoms with Gasteiger partial charge >= 0.3 is 0 Å². The van der Waals surface area contributed by atoms with E-state index in [9.17, 15) is 4.79 Å². The fourth-order valence-corrected chi connectivity index (χ4v) is 3.54. The molecule has 2 aliphatic rings. The van der Waals surface area contributed by atoms with Crippen molar-refractivity contribution >= 4 is 23.0 Å². The van der Waals surface area contributed by atoms with E-state index in [-0.39, 0.29) is 13.3 Å². The minimum atomic E-state index is -0.147. The number of carbonyl (C=O) groups is 1. The van der Waals surface area contributed by atoms with Gasteiger partial charge in [-0.05, 0) is 61.6 Å². The maximum atomic E-state index is 12.4. The predicted octanol–water partition coefficient (Wildman–Crippen LogP) is 4.05. The normalized spacial score (nSPS) is 19.3. The van der Waals surface area contributed by atoms with Crippen LogP contribution in [0.3, 0.4) is 0 Å². The molecule has 0 bridgehead atoms. The Balaban J connectivity index is 0.00000210. The molecule has 1 saturated carbocycles. The fourth-order valence-electron chi connectivity index (χ4n) is 3.54. The monoisotopic (exact) mass is 366 g/mol. The van der Waals surface area contributed by atoms with Crippen LogP contribution in [0.25, 0.3) is 0 Å². The molecule has 1 saturated heterocycles. The Morgan fingerprint density at radius 1 is 1.07 bits per heavy atom. The van der Waals surface area contributed by atoms with E-state index in [2.05, 4.69) is 15.5 Å². The van der Waals surface area contributed by atoms with E-state index >= 15 is 0 Å². The topological polar surface area (TPSA) is 70.4 Å². The molecule has 4 N–H and O–H groups in total. The highest BCUT2D eigenvalue weighted by molar-refractivity contribution is 6.05. The van der Waals surface area contributed by atoms with Crippen LogP contribution in [-0.2, 0) is 0 Å². The molecule has 1 aliphatic carbocycles. The Hall–Kier alpha value is -2.53. The first-order chi connectivity index (χ1) is 12.7. The predicted molar refractivity (Wildman–Crippen MR) is 113 cm³/mol. The number of benzene rings is 2. The lowest BCUT2D eigenvalue weighted by molar-refractivity contribution is 0.102. The lowest BCUT2D eigenvalue weighted by atomic mass is 10.1. The van der Waals surface area contributed by atoms with Crippen molar-refractivity contribution in [2.75, 3.05) is 36.0 Å². The van der Waals surface area contributed by atoms with Gasteiger partial charge in [-0.2, -0.15) is 0 Å². The van der Waals surface area contributed by atoms with Crippen LogP contribution in [-0.4, -0.2) is 36.5 Å². The molecule has 5 nitrogen and oxygen atoms in total. The molecule has 2 aromatic carbocycles. The van der Waals surface area contributed by atoms with Crippen molar-refractivity contribution in [3.8, 4) is 0 Å². The standard InChI is InChI=1S/C21H26N4O.CH4/c22-19-3-1-2-4-20(19)24-21(26)16-7-9-17(10-8-16)23-18-11-12-25(14-18)13-15-5-6-15;/h1-4,7-10,15,18,23H,5-6,11-14,22H2,(H,24,26);1H4/t18-;/m1./s1. The number of carbonyl (C=O) groups excluding carboxylic acids is 1. The van der Waals surface area contributed by atoms with Crippen LogP contribution in [0, 0.1) is 5.92 Å². The first-order valence-electron chi connectivity index (χ1n) is 9.42. The second kappa shape index (κ2) is 8.44. The van der Waals surface area contributed by atoms with Gasteiger partial charge in [0.15, 0.2) is 0 Å². The minimum absolute atomic E-state index is 0. The highest BCUT2D eigenvalue weighted by Gasteiger charge is 2.29. The number of nitrogen functional groups attached to an aromatic ring is 1. The van der Waals surface area contributed by atoms with Crippen LogP contribution in [0.4, 0.5) is 17.1 Å². The smallest absolute Gasteiger partial charge is 0.255 e. The Morgan fingerprint density at radius 3 is 2.52 bits per heavy atom. The number of nitrogens with one attached hydrogen (secondary N) is 2. The van der Waals surface area contributed by atoms with E-state index in [1.54, 1.807) is 12.1 Å². The fraction of sp³-hybridized carbons (Fsp3) is 0.409. The molecule has 0 unspecified atom stereocenters. The summed E-state index contributed by atoms with van der Waals surface area (Å²) in [6.45, 7) is 3.57. The molecule has 27 heavy (non-hydrogen) atoms. The Kier molecular flexibility index (Phi) is 6.01. The van der Waals surface area contributed by atoms with Crippen molar-refractivity contribution in [2.45, 2.75) is 32.7 Å². The molecule has 2 fully saturated rings. The van der Waals surface area contributed by atoms with Crippen LogP contribution in [0.5, 0.6) is 0 Å². The van der Waals surface area contributed by atoms with Crippen LogP contribution in [0.15, 0.2) is 48.5 Å². The molecule has 0 aromatic heterocycles. The molecule has 144 valence electrons. The van der Waals surface area contributed by atoms with Gasteiger partial charge in [-0.15, -0.1) is 0 Å². The number of nitrogens with two attached hydrogens (primary N) is 1. The minimum Gasteiger partial charge on any atom is -0.397 e. The first kappa shape index (κ1) is 19.2. The highest BCUT2D eigenvalue weighted by atomic mass is 16.1. The van der Waals surface area contributed by atoms with Gasteiger partial charge in [0.25, 0.3) is 5.91 Å². The first-order valence-corrected chi connectivity index (χ1v) is 9.42. The van der Waals surface area contributed by atoms with Crippen molar-refractivity contribution in [3.63, 3.8) is 0 Å². The van der Waals surface area contributed by atoms with Gasteiger partial charge in [-0.3, -0.25) is 4.79 Å². The largest absolute Gasteiger partial charge is 0.397 e. The summed E-state index contributed by atoms with van der Waals surface area (Å²) in [7, 11) is 0. The molecule has 2 aromatic rings. The van der Waals surface area contributed by atoms with Crippen molar-refractivity contribution < 1.29 is 4.79 Å². The Morgan fingerprint density at radius 2 is 1.81 bits per heavy atom. The maximum absolute atomic E-state index is 12.4. The van der Waals surface area contributed by atoms with Gasteiger partial charge in [-0.25, -0.2) is 0 Å². The third kappa shape index (κ3) is 5.01. The third-order valence-electron chi connectivity index (χ3n) is 5.21. The molecule has 1 atom stereocenters. The van der Waals surface area contributed by atoms with Crippen LogP contribution in [0.2, 0.25) is 0 Å². The zero-order chi connectivity index (χ0) is 17.9. The summed E-state index contributed by atoms with van der Waals surface area (Å²) in [5, 5.41) is 6.45. The highest BCUT2D eigenvalue weighted by Crippen LogP contribution is 2.31. The summed E-state index contributed by atoms with van der Waals surface area (Å²) in [4.78, 5) is 15.0. The summed E-state index contributed by atoms with van der Waals surface area (Å²) in [6.07, 6.45) is 4.00. The zero-order valence-electron chi connectivity index (χ0n) is 14.9. The SMILES string of the molecule is C.Nc1ccccc1NC(=O)c1ccc(N[C@@H]2CCN(CC3CC3)C2)cc1. The van der Waals surface area contributed by atoms with Crippen molar-refractivity contribution in [1.82, 2.24) is 4.90 Å². The molecule has 4 rings (SSSR count). The maximum Gasteiger partial charge on any atom is 0.255 e. The summed E-state index contributed by atoms with van der Waals surface area (Å²) < 4.78 is 0. The van der Waals surface area contributed by atoms with Crippen molar-refractivity contribution in [3.05, 3.63) is 54.1 Å². The average molecular weight is 367 g/mol. The Bertz CT molecular complexity index is 770. The van der Waals surface area contributed by atoms with Crippen LogP contribution in [0.1, 0.15) is 37.0 Å². The molecule has 1 aliphatic heterocycles. The van der Waals surface area contributed by atoms with Gasteiger partial charge in [0.05, 0.1) is 11.4 Å². The molecule has 1 amide bonds. The van der Waals surface area contributed by atoms with E-state index in [0.717, 1.165) is 18.2 Å². The average Bonchev–Trinajstić information content (AvgIpc) is 3.35. The molecule has 0 radical (unpaired) electrons. The quantitative estimate of drug-likeness (QED) is 0.675. The zero-order valence-corrected chi connectivity index (χ0v) is 14.9. The third-order valence-corrected chi connectivity index (χ3v) is 5.21. The lowest BCUT2D eigenvalue weighted by Crippen LogP contribution is -2.27. The number of amides is 1. The van der Waals surface area contributed by atoms with Gasteiger partial charge < -0.3 is 21.3 Å². The van der Waals surface area contributed by atoms with Gasteiger partial charge in [0, 0.05) is 36.9 Å². The summed E-state index contributed by atoms with van der Waals surface area (Å²) >= 11 is 0. The molecular formula is C22H30N4O. The molecule has 5 heteroatoms. The van der Waals surface area contributed by atoms with Crippen LogP contribution < -0.4 is 16.4 Å². The van der Waals surface area contributed by atoms with Gasteiger partial charge in [0.2, 0.25) is 0 Å². The second-order valence-corrected chi connectivity index (χ2v) is 7.45. The summed E-state index contributed by atoms with van der Waals surface area (Å²) in [5.74, 6) is 0.802. The summed E-state index contributed by atoms with van der Waals surface area (Å²) in [6, 6.07) is 15.4. The van der Waals surface area contributed by atoms with E-state index in [1.807, 2.05) is 36.4 Å². The number of rotatable bonds is 6. The summed E-state index contributed by atoms with van der Waals surface area (Å²) in [5.41, 5.74) is 8.78. The van der Waals surface area contributed by atoms with E-state index in [4.69, 9.17) is 5.73 Å². The number of hydrogen-bond acceptors (Lipinski definition) is 4.